The average molecular weight is 192 g/mol. The second-order valence-electron chi connectivity index (χ2n) is 3.29. The Labute approximate surface area is 83.9 Å². The van der Waals surface area contributed by atoms with Crippen LogP contribution in [0.25, 0.3) is 0 Å². The zero-order chi connectivity index (χ0) is 10.6. The van der Waals surface area contributed by atoms with E-state index in [2.05, 4.69) is 4.57 Å². The standard InChI is InChI=1S/C11H16N2O/c1-9-7-11(14)8-10(2)13(9)6-4-3-5-12/h3-4,7-8H,5-6,12H2,1-2H3/b4-3+. The van der Waals surface area contributed by atoms with Crippen molar-refractivity contribution in [2.75, 3.05) is 6.54 Å². The van der Waals surface area contributed by atoms with Gasteiger partial charge in [-0.2, -0.15) is 0 Å². The van der Waals surface area contributed by atoms with Crippen molar-refractivity contribution in [2.45, 2.75) is 20.4 Å². The van der Waals surface area contributed by atoms with Gasteiger partial charge in [-0.05, 0) is 13.8 Å². The number of rotatable bonds is 3. The Morgan fingerprint density at radius 3 is 2.36 bits per heavy atom. The highest BCUT2D eigenvalue weighted by Crippen LogP contribution is 2.01. The van der Waals surface area contributed by atoms with Crippen molar-refractivity contribution in [2.24, 2.45) is 5.73 Å². The molecular weight excluding hydrogens is 176 g/mol. The molecule has 3 nitrogen and oxygen atoms in total. The van der Waals surface area contributed by atoms with Gasteiger partial charge in [0.2, 0.25) is 0 Å². The van der Waals surface area contributed by atoms with Crippen molar-refractivity contribution in [1.29, 1.82) is 0 Å². The molecule has 0 fully saturated rings. The summed E-state index contributed by atoms with van der Waals surface area (Å²) in [6.45, 7) is 5.20. The molecule has 3 heteroatoms. The van der Waals surface area contributed by atoms with Crippen molar-refractivity contribution >= 4 is 0 Å². The number of pyridine rings is 1. The SMILES string of the molecule is Cc1cc(=O)cc(C)n1C/C=C/CN. The lowest BCUT2D eigenvalue weighted by Crippen LogP contribution is -2.12. The van der Waals surface area contributed by atoms with E-state index in [4.69, 9.17) is 5.73 Å². The Hall–Kier alpha value is -1.35. The summed E-state index contributed by atoms with van der Waals surface area (Å²) in [5.74, 6) is 0. The highest BCUT2D eigenvalue weighted by Gasteiger charge is 1.98. The first kappa shape index (κ1) is 10.7. The lowest BCUT2D eigenvalue weighted by molar-refractivity contribution is 0.743. The van der Waals surface area contributed by atoms with Crippen LogP contribution in [0.15, 0.2) is 29.1 Å². The number of allylic oxidation sites excluding steroid dienone is 1. The van der Waals surface area contributed by atoms with Gasteiger partial charge in [-0.25, -0.2) is 0 Å². The number of nitrogens with two attached hydrogens (primary N) is 1. The summed E-state index contributed by atoms with van der Waals surface area (Å²) in [5, 5.41) is 0. The molecule has 0 aromatic carbocycles. The van der Waals surface area contributed by atoms with Crippen LogP contribution in [-0.4, -0.2) is 11.1 Å². The molecule has 0 aliphatic rings. The lowest BCUT2D eigenvalue weighted by Gasteiger charge is -2.11. The first-order chi connectivity index (χ1) is 6.65. The summed E-state index contributed by atoms with van der Waals surface area (Å²) in [7, 11) is 0. The Morgan fingerprint density at radius 1 is 1.29 bits per heavy atom. The van der Waals surface area contributed by atoms with Crippen LogP contribution < -0.4 is 11.2 Å². The lowest BCUT2D eigenvalue weighted by atomic mass is 10.3. The third kappa shape index (κ3) is 2.57. The molecule has 0 atom stereocenters. The third-order valence-electron chi connectivity index (χ3n) is 2.14. The van der Waals surface area contributed by atoms with Gasteiger partial charge < -0.3 is 10.3 Å². The predicted octanol–water partition coefficient (Wildman–Crippen LogP) is 0.980. The van der Waals surface area contributed by atoms with E-state index in [1.54, 1.807) is 12.1 Å². The van der Waals surface area contributed by atoms with Crippen LogP contribution in [0.1, 0.15) is 11.4 Å². The van der Waals surface area contributed by atoms with Crippen LogP contribution in [0.2, 0.25) is 0 Å². The third-order valence-corrected chi connectivity index (χ3v) is 2.14. The molecule has 76 valence electrons. The molecule has 0 spiro atoms. The molecule has 1 rings (SSSR count). The fraction of sp³-hybridized carbons (Fsp3) is 0.364. The quantitative estimate of drug-likeness (QED) is 0.726. The molecule has 0 aliphatic heterocycles. The largest absolute Gasteiger partial charge is 0.345 e. The van der Waals surface area contributed by atoms with Crippen molar-refractivity contribution in [1.82, 2.24) is 4.57 Å². The van der Waals surface area contributed by atoms with Crippen molar-refractivity contribution in [3.63, 3.8) is 0 Å². The minimum atomic E-state index is 0.0686. The van der Waals surface area contributed by atoms with Gasteiger partial charge in [-0.1, -0.05) is 12.2 Å². The molecule has 0 bridgehead atoms. The molecule has 0 aliphatic carbocycles. The molecule has 0 saturated carbocycles. The first-order valence-corrected chi connectivity index (χ1v) is 4.68. The molecule has 0 unspecified atom stereocenters. The monoisotopic (exact) mass is 192 g/mol. The van der Waals surface area contributed by atoms with Gasteiger partial charge in [-0.3, -0.25) is 4.79 Å². The summed E-state index contributed by atoms with van der Waals surface area (Å²) in [5.41, 5.74) is 7.38. The predicted molar refractivity (Wildman–Crippen MR) is 58.4 cm³/mol. The topological polar surface area (TPSA) is 48.0 Å². The molecule has 1 aromatic heterocycles. The summed E-state index contributed by atoms with van der Waals surface area (Å²) in [6.07, 6.45) is 3.92. The van der Waals surface area contributed by atoms with Gasteiger partial charge in [0, 0.05) is 36.6 Å². The number of aryl methyl sites for hydroxylation is 2. The highest BCUT2D eigenvalue weighted by atomic mass is 16.1. The van der Waals surface area contributed by atoms with Gasteiger partial charge in [0.1, 0.15) is 0 Å². The molecule has 1 aromatic rings. The molecule has 0 radical (unpaired) electrons. The van der Waals surface area contributed by atoms with Crippen LogP contribution >= 0.6 is 0 Å². The molecule has 14 heavy (non-hydrogen) atoms. The summed E-state index contributed by atoms with van der Waals surface area (Å²) in [6, 6.07) is 3.28. The first-order valence-electron chi connectivity index (χ1n) is 4.68. The Bertz CT molecular complexity index is 365. The van der Waals surface area contributed by atoms with E-state index in [0.717, 1.165) is 17.9 Å². The van der Waals surface area contributed by atoms with E-state index in [1.165, 1.54) is 0 Å². The van der Waals surface area contributed by atoms with Crippen LogP contribution in [0.3, 0.4) is 0 Å². The summed E-state index contributed by atoms with van der Waals surface area (Å²) in [4.78, 5) is 11.1. The van der Waals surface area contributed by atoms with Gasteiger partial charge in [0.25, 0.3) is 0 Å². The number of nitrogens with zero attached hydrogens (tertiary/aromatic N) is 1. The van der Waals surface area contributed by atoms with E-state index in [9.17, 15) is 4.79 Å². The van der Waals surface area contributed by atoms with Crippen molar-refractivity contribution < 1.29 is 0 Å². The Kier molecular flexibility index (Phi) is 3.65. The second kappa shape index (κ2) is 4.77. The maximum Gasteiger partial charge on any atom is 0.182 e. The van der Waals surface area contributed by atoms with Gasteiger partial charge in [0.15, 0.2) is 5.43 Å². The highest BCUT2D eigenvalue weighted by molar-refractivity contribution is 5.13. The fourth-order valence-corrected chi connectivity index (χ4v) is 1.45. The maximum atomic E-state index is 11.1. The number of hydrogen-bond acceptors (Lipinski definition) is 2. The summed E-state index contributed by atoms with van der Waals surface area (Å²) >= 11 is 0. The summed E-state index contributed by atoms with van der Waals surface area (Å²) < 4.78 is 2.08. The fourth-order valence-electron chi connectivity index (χ4n) is 1.45. The van der Waals surface area contributed by atoms with Gasteiger partial charge >= 0.3 is 0 Å². The van der Waals surface area contributed by atoms with E-state index in [-0.39, 0.29) is 5.43 Å². The number of hydrogen-bond donors (Lipinski definition) is 1. The maximum absolute atomic E-state index is 11.1. The van der Waals surface area contributed by atoms with Crippen LogP contribution in [0, 0.1) is 13.8 Å². The van der Waals surface area contributed by atoms with E-state index in [0.29, 0.717) is 6.54 Å². The second-order valence-corrected chi connectivity index (χ2v) is 3.29. The molecule has 2 N–H and O–H groups in total. The van der Waals surface area contributed by atoms with E-state index in [1.807, 2.05) is 26.0 Å². The van der Waals surface area contributed by atoms with E-state index < -0.39 is 0 Å². The zero-order valence-corrected chi connectivity index (χ0v) is 8.66. The smallest absolute Gasteiger partial charge is 0.182 e. The number of aromatic nitrogens is 1. The Morgan fingerprint density at radius 2 is 1.86 bits per heavy atom. The minimum absolute atomic E-state index is 0.0686. The van der Waals surface area contributed by atoms with Crippen molar-refractivity contribution in [3.05, 3.63) is 45.9 Å². The molecule has 0 saturated heterocycles. The van der Waals surface area contributed by atoms with Crippen LogP contribution in [0.4, 0.5) is 0 Å². The molecular formula is C11H16N2O. The minimum Gasteiger partial charge on any atom is -0.345 e. The van der Waals surface area contributed by atoms with Gasteiger partial charge in [0.05, 0.1) is 0 Å². The normalized spacial score (nSPS) is 11.1. The average Bonchev–Trinajstić information content (AvgIpc) is 2.09. The van der Waals surface area contributed by atoms with Gasteiger partial charge in [-0.15, -0.1) is 0 Å². The van der Waals surface area contributed by atoms with E-state index >= 15 is 0 Å². The molecule has 1 heterocycles. The molecule has 0 amide bonds. The van der Waals surface area contributed by atoms with Crippen molar-refractivity contribution in [3.8, 4) is 0 Å². The van der Waals surface area contributed by atoms with Crippen LogP contribution in [0.5, 0.6) is 0 Å². The Balaban J connectivity index is 2.97. The zero-order valence-electron chi connectivity index (χ0n) is 8.66. The van der Waals surface area contributed by atoms with Crippen LogP contribution in [-0.2, 0) is 6.54 Å².